The van der Waals surface area contributed by atoms with Gasteiger partial charge in [0.15, 0.2) is 0 Å². The molecule has 1 saturated carbocycles. The zero-order valence-corrected chi connectivity index (χ0v) is 7.55. The molecule has 2 amide bonds. The third kappa shape index (κ3) is 1.40. The van der Waals surface area contributed by atoms with Gasteiger partial charge in [0.25, 0.3) is 0 Å². The molecule has 0 radical (unpaired) electrons. The van der Waals surface area contributed by atoms with Gasteiger partial charge < -0.3 is 10.2 Å². The fourth-order valence-electron chi connectivity index (χ4n) is 2.13. The van der Waals surface area contributed by atoms with Crippen molar-refractivity contribution in [3.63, 3.8) is 0 Å². The maximum atomic E-state index is 11.3. The number of nitrogens with one attached hydrogen (secondary N) is 1. The molecule has 0 aromatic carbocycles. The number of hydrogen-bond donors (Lipinski definition) is 1. The molecule has 1 N–H and O–H groups in total. The first-order valence-electron chi connectivity index (χ1n) is 4.78. The van der Waals surface area contributed by atoms with Gasteiger partial charge in [-0.1, -0.05) is 0 Å². The quantitative estimate of drug-likeness (QED) is 0.576. The Balaban J connectivity index is 1.87. The lowest BCUT2D eigenvalue weighted by Crippen LogP contribution is -2.38. The van der Waals surface area contributed by atoms with Crippen LogP contribution in [0.25, 0.3) is 0 Å². The van der Waals surface area contributed by atoms with Crippen molar-refractivity contribution in [3.8, 4) is 0 Å². The normalized spacial score (nSPS) is 33.6. The standard InChI is InChI=1S/C9H16N2O/c1-10-9(12)11-4-2-7-6-8(7)3-5-11/h7-8H,2-6H2,1H3,(H,10,12)/t7-,8?/m1/s1. The summed E-state index contributed by atoms with van der Waals surface area (Å²) in [7, 11) is 1.70. The minimum absolute atomic E-state index is 0.0938. The molecule has 0 aromatic heterocycles. The SMILES string of the molecule is CNC(=O)N1CCC2C[C@H]2CC1. The molecule has 3 heteroatoms. The zero-order chi connectivity index (χ0) is 8.55. The summed E-state index contributed by atoms with van der Waals surface area (Å²) in [6.45, 7) is 1.92. The van der Waals surface area contributed by atoms with Crippen LogP contribution in [0.4, 0.5) is 4.79 Å². The van der Waals surface area contributed by atoms with Crippen LogP contribution in [0, 0.1) is 11.8 Å². The molecule has 3 nitrogen and oxygen atoms in total. The summed E-state index contributed by atoms with van der Waals surface area (Å²) >= 11 is 0. The number of fused-ring (bicyclic) bond motifs is 1. The van der Waals surface area contributed by atoms with E-state index >= 15 is 0 Å². The van der Waals surface area contributed by atoms with E-state index in [0.29, 0.717) is 0 Å². The third-order valence-electron chi connectivity index (χ3n) is 3.11. The Hall–Kier alpha value is -0.730. The summed E-state index contributed by atoms with van der Waals surface area (Å²) in [5, 5.41) is 2.68. The third-order valence-corrected chi connectivity index (χ3v) is 3.11. The summed E-state index contributed by atoms with van der Waals surface area (Å²) in [5.74, 6) is 1.89. The number of rotatable bonds is 0. The average molecular weight is 168 g/mol. The van der Waals surface area contributed by atoms with Crippen molar-refractivity contribution in [2.75, 3.05) is 20.1 Å². The van der Waals surface area contributed by atoms with E-state index in [1.54, 1.807) is 7.05 Å². The summed E-state index contributed by atoms with van der Waals surface area (Å²) in [6.07, 6.45) is 3.86. The average Bonchev–Trinajstić information content (AvgIpc) is 2.80. The van der Waals surface area contributed by atoms with Crippen LogP contribution >= 0.6 is 0 Å². The zero-order valence-electron chi connectivity index (χ0n) is 7.55. The molecule has 2 fully saturated rings. The molecule has 1 aliphatic carbocycles. The van der Waals surface area contributed by atoms with E-state index in [1.165, 1.54) is 19.3 Å². The molecule has 2 rings (SSSR count). The molecule has 68 valence electrons. The van der Waals surface area contributed by atoms with Crippen molar-refractivity contribution in [2.24, 2.45) is 11.8 Å². The van der Waals surface area contributed by atoms with Gasteiger partial charge in [0.1, 0.15) is 0 Å². The van der Waals surface area contributed by atoms with Gasteiger partial charge in [-0.2, -0.15) is 0 Å². The molecule has 12 heavy (non-hydrogen) atoms. The minimum Gasteiger partial charge on any atom is -0.341 e. The Morgan fingerprint density at radius 2 is 1.92 bits per heavy atom. The lowest BCUT2D eigenvalue weighted by Gasteiger charge is -2.19. The van der Waals surface area contributed by atoms with Gasteiger partial charge in [-0.05, 0) is 31.1 Å². The molecule has 0 aromatic rings. The van der Waals surface area contributed by atoms with Crippen LogP contribution in [-0.4, -0.2) is 31.1 Å². The van der Waals surface area contributed by atoms with Crippen LogP contribution < -0.4 is 5.32 Å². The second-order valence-corrected chi connectivity index (χ2v) is 3.88. The van der Waals surface area contributed by atoms with Crippen LogP contribution in [0.2, 0.25) is 0 Å². The molecule has 0 bridgehead atoms. The van der Waals surface area contributed by atoms with E-state index in [-0.39, 0.29) is 6.03 Å². The van der Waals surface area contributed by atoms with E-state index in [4.69, 9.17) is 0 Å². The number of carbonyl (C=O) groups is 1. The van der Waals surface area contributed by atoms with Crippen LogP contribution in [0.3, 0.4) is 0 Å². The highest BCUT2D eigenvalue weighted by atomic mass is 16.2. The van der Waals surface area contributed by atoms with Gasteiger partial charge >= 0.3 is 6.03 Å². The number of hydrogen-bond acceptors (Lipinski definition) is 1. The second-order valence-electron chi connectivity index (χ2n) is 3.88. The molecule has 2 aliphatic rings. The summed E-state index contributed by atoms with van der Waals surface area (Å²) in [6, 6.07) is 0.0938. The fourth-order valence-corrected chi connectivity index (χ4v) is 2.13. The Bertz CT molecular complexity index is 181. The van der Waals surface area contributed by atoms with Gasteiger partial charge in [-0.3, -0.25) is 0 Å². The molecular formula is C9H16N2O. The van der Waals surface area contributed by atoms with Gasteiger partial charge in [0, 0.05) is 20.1 Å². The van der Waals surface area contributed by atoms with E-state index in [1.807, 2.05) is 4.90 Å². The second kappa shape index (κ2) is 2.96. The van der Waals surface area contributed by atoms with Crippen molar-refractivity contribution >= 4 is 6.03 Å². The molecule has 0 spiro atoms. The maximum Gasteiger partial charge on any atom is 0.317 e. The summed E-state index contributed by atoms with van der Waals surface area (Å²) in [4.78, 5) is 13.2. The summed E-state index contributed by atoms with van der Waals surface area (Å²) in [5.41, 5.74) is 0. The minimum atomic E-state index is 0.0938. The van der Waals surface area contributed by atoms with Crippen molar-refractivity contribution in [3.05, 3.63) is 0 Å². The number of nitrogens with zero attached hydrogens (tertiary/aromatic N) is 1. The molecule has 1 saturated heterocycles. The smallest absolute Gasteiger partial charge is 0.317 e. The van der Waals surface area contributed by atoms with Gasteiger partial charge in [-0.25, -0.2) is 4.79 Å². The van der Waals surface area contributed by atoms with Crippen LogP contribution in [-0.2, 0) is 0 Å². The van der Waals surface area contributed by atoms with Crippen molar-refractivity contribution < 1.29 is 4.79 Å². The van der Waals surface area contributed by atoms with E-state index in [2.05, 4.69) is 5.32 Å². The predicted octanol–water partition coefficient (Wildman–Crippen LogP) is 1.06. The lowest BCUT2D eigenvalue weighted by molar-refractivity contribution is 0.200. The molecular weight excluding hydrogens is 152 g/mol. The van der Waals surface area contributed by atoms with Crippen LogP contribution in [0.15, 0.2) is 0 Å². The van der Waals surface area contributed by atoms with E-state index in [0.717, 1.165) is 24.9 Å². The monoisotopic (exact) mass is 168 g/mol. The molecule has 1 aliphatic heterocycles. The highest BCUT2D eigenvalue weighted by molar-refractivity contribution is 5.73. The van der Waals surface area contributed by atoms with E-state index < -0.39 is 0 Å². The largest absolute Gasteiger partial charge is 0.341 e. The highest BCUT2D eigenvalue weighted by Crippen LogP contribution is 2.45. The predicted molar refractivity (Wildman–Crippen MR) is 46.9 cm³/mol. The number of amides is 2. The van der Waals surface area contributed by atoms with Crippen molar-refractivity contribution in [1.29, 1.82) is 0 Å². The Kier molecular flexibility index (Phi) is 1.95. The fraction of sp³-hybridized carbons (Fsp3) is 0.889. The first-order chi connectivity index (χ1) is 5.81. The summed E-state index contributed by atoms with van der Waals surface area (Å²) < 4.78 is 0. The van der Waals surface area contributed by atoms with Gasteiger partial charge in [-0.15, -0.1) is 0 Å². The highest BCUT2D eigenvalue weighted by Gasteiger charge is 2.39. The number of carbonyl (C=O) groups excluding carboxylic acids is 1. The van der Waals surface area contributed by atoms with Crippen LogP contribution in [0.1, 0.15) is 19.3 Å². The van der Waals surface area contributed by atoms with Gasteiger partial charge in [0.05, 0.1) is 0 Å². The topological polar surface area (TPSA) is 32.3 Å². The molecule has 2 atom stereocenters. The van der Waals surface area contributed by atoms with Crippen molar-refractivity contribution in [2.45, 2.75) is 19.3 Å². The number of urea groups is 1. The Labute approximate surface area is 73.1 Å². The first-order valence-corrected chi connectivity index (χ1v) is 4.78. The van der Waals surface area contributed by atoms with Crippen LogP contribution in [0.5, 0.6) is 0 Å². The molecule has 1 unspecified atom stereocenters. The first kappa shape index (κ1) is 7.90. The molecule has 1 heterocycles. The van der Waals surface area contributed by atoms with Crippen molar-refractivity contribution in [1.82, 2.24) is 10.2 Å². The Morgan fingerprint density at radius 1 is 1.33 bits per heavy atom. The van der Waals surface area contributed by atoms with Gasteiger partial charge in [0.2, 0.25) is 0 Å². The number of likely N-dealkylation sites (tertiary alicyclic amines) is 1. The van der Waals surface area contributed by atoms with E-state index in [9.17, 15) is 4.79 Å². The maximum absolute atomic E-state index is 11.3. The lowest BCUT2D eigenvalue weighted by atomic mass is 10.2. The Morgan fingerprint density at radius 3 is 2.42 bits per heavy atom.